The molecule has 0 radical (unpaired) electrons. The van der Waals surface area contributed by atoms with Gasteiger partial charge in [0, 0.05) is 45.3 Å². The van der Waals surface area contributed by atoms with E-state index in [4.69, 9.17) is 11.6 Å². The summed E-state index contributed by atoms with van der Waals surface area (Å²) in [7, 11) is 1.78. The number of benzene rings is 1. The lowest BCUT2D eigenvalue weighted by Gasteiger charge is -2.24. The van der Waals surface area contributed by atoms with Crippen molar-refractivity contribution in [3.63, 3.8) is 0 Å². The molecule has 0 spiro atoms. The van der Waals surface area contributed by atoms with Crippen LogP contribution in [0.1, 0.15) is 42.5 Å². The van der Waals surface area contributed by atoms with Crippen LogP contribution in [0.25, 0.3) is 0 Å². The third-order valence-corrected chi connectivity index (χ3v) is 5.78. The molecule has 3 rings (SSSR count). The number of guanidine groups is 1. The highest BCUT2D eigenvalue weighted by molar-refractivity contribution is 6.33. The van der Waals surface area contributed by atoms with E-state index in [1.807, 2.05) is 6.07 Å². The van der Waals surface area contributed by atoms with Crippen molar-refractivity contribution in [2.24, 2.45) is 4.99 Å². The van der Waals surface area contributed by atoms with Crippen LogP contribution in [0.2, 0.25) is 5.02 Å². The molecule has 1 amide bonds. The first-order valence-electron chi connectivity index (χ1n) is 9.91. The number of hydrogen-bond donors (Lipinski definition) is 3. The molecule has 27 heavy (non-hydrogen) atoms. The quantitative estimate of drug-likeness (QED) is 0.395. The summed E-state index contributed by atoms with van der Waals surface area (Å²) in [5, 5.41) is 10.1. The highest BCUT2D eigenvalue weighted by Gasteiger charge is 2.30. The van der Waals surface area contributed by atoms with Crippen molar-refractivity contribution >= 4 is 23.5 Å². The van der Waals surface area contributed by atoms with Crippen LogP contribution in [0.4, 0.5) is 0 Å². The Morgan fingerprint density at radius 1 is 1.19 bits per heavy atom. The summed E-state index contributed by atoms with van der Waals surface area (Å²) >= 11 is 6.05. The Bertz CT molecular complexity index is 660. The predicted molar refractivity (Wildman–Crippen MR) is 111 cm³/mol. The fourth-order valence-electron chi connectivity index (χ4n) is 3.99. The molecular weight excluding hydrogens is 362 g/mol. The fourth-order valence-corrected chi connectivity index (χ4v) is 4.21. The van der Waals surface area contributed by atoms with Crippen molar-refractivity contribution in [1.82, 2.24) is 20.9 Å². The number of hydrogen-bond acceptors (Lipinski definition) is 3. The number of carbonyl (C=O) groups is 1. The van der Waals surface area contributed by atoms with Crippen LogP contribution in [-0.4, -0.2) is 62.1 Å². The van der Waals surface area contributed by atoms with E-state index in [0.717, 1.165) is 25.0 Å². The standard InChI is InChI=1S/C20H30ClN5O/c1-22-20(25-15-10-13-26(14-15)16-6-2-3-7-16)24-12-11-23-19(27)17-8-4-5-9-18(17)21/h4-5,8-9,15-16H,2-3,6-7,10-14H2,1H3,(H,23,27)(H2,22,24,25). The molecule has 148 valence electrons. The molecular formula is C20H30ClN5O. The number of carbonyl (C=O) groups excluding carboxylic acids is 1. The largest absolute Gasteiger partial charge is 0.355 e. The molecule has 2 fully saturated rings. The van der Waals surface area contributed by atoms with Gasteiger partial charge in [0.1, 0.15) is 0 Å². The first kappa shape index (κ1) is 20.0. The number of nitrogens with one attached hydrogen (secondary N) is 3. The Kier molecular flexibility index (Phi) is 7.35. The van der Waals surface area contributed by atoms with Crippen molar-refractivity contribution in [2.45, 2.75) is 44.2 Å². The van der Waals surface area contributed by atoms with Crippen LogP contribution in [0.15, 0.2) is 29.3 Å². The summed E-state index contributed by atoms with van der Waals surface area (Å²) in [6.45, 7) is 3.38. The maximum absolute atomic E-state index is 12.1. The zero-order chi connectivity index (χ0) is 19.1. The third-order valence-electron chi connectivity index (χ3n) is 5.45. The summed E-state index contributed by atoms with van der Waals surface area (Å²) in [5.41, 5.74) is 0.500. The highest BCUT2D eigenvalue weighted by Crippen LogP contribution is 2.26. The average molecular weight is 392 g/mol. The Morgan fingerprint density at radius 2 is 1.93 bits per heavy atom. The van der Waals surface area contributed by atoms with Gasteiger partial charge in [0.05, 0.1) is 10.6 Å². The van der Waals surface area contributed by atoms with Gasteiger partial charge >= 0.3 is 0 Å². The second-order valence-corrected chi connectivity index (χ2v) is 7.71. The Morgan fingerprint density at radius 3 is 2.67 bits per heavy atom. The zero-order valence-corrected chi connectivity index (χ0v) is 16.8. The molecule has 2 aliphatic rings. The lowest BCUT2D eigenvalue weighted by Crippen LogP contribution is -2.47. The zero-order valence-electron chi connectivity index (χ0n) is 16.0. The summed E-state index contributed by atoms with van der Waals surface area (Å²) in [6, 6.07) is 8.29. The topological polar surface area (TPSA) is 68.8 Å². The van der Waals surface area contributed by atoms with E-state index in [-0.39, 0.29) is 5.91 Å². The SMILES string of the molecule is CN=C(NCCNC(=O)c1ccccc1Cl)NC1CCN(C2CCCC2)C1. The second-order valence-electron chi connectivity index (χ2n) is 7.30. The van der Waals surface area contributed by atoms with Gasteiger partial charge in [-0.25, -0.2) is 0 Å². The minimum atomic E-state index is -0.159. The average Bonchev–Trinajstić information content (AvgIpc) is 3.36. The monoisotopic (exact) mass is 391 g/mol. The molecule has 1 saturated heterocycles. The van der Waals surface area contributed by atoms with Gasteiger partial charge in [0.25, 0.3) is 5.91 Å². The van der Waals surface area contributed by atoms with Gasteiger partial charge in [0.2, 0.25) is 0 Å². The summed E-state index contributed by atoms with van der Waals surface area (Å²) in [4.78, 5) is 19.1. The molecule has 1 unspecified atom stereocenters. The fraction of sp³-hybridized carbons (Fsp3) is 0.600. The molecule has 1 saturated carbocycles. The van der Waals surface area contributed by atoms with E-state index in [0.29, 0.717) is 29.7 Å². The van der Waals surface area contributed by atoms with E-state index >= 15 is 0 Å². The smallest absolute Gasteiger partial charge is 0.252 e. The second kappa shape index (κ2) is 9.95. The predicted octanol–water partition coefficient (Wildman–Crippen LogP) is 2.25. The van der Waals surface area contributed by atoms with Crippen LogP contribution in [0.5, 0.6) is 0 Å². The number of nitrogens with zero attached hydrogens (tertiary/aromatic N) is 2. The number of likely N-dealkylation sites (tertiary alicyclic amines) is 1. The van der Waals surface area contributed by atoms with Crippen molar-refractivity contribution in [2.75, 3.05) is 33.2 Å². The van der Waals surface area contributed by atoms with Gasteiger partial charge in [0.15, 0.2) is 5.96 Å². The van der Waals surface area contributed by atoms with Crippen LogP contribution in [0.3, 0.4) is 0 Å². The van der Waals surface area contributed by atoms with E-state index in [1.54, 1.807) is 25.2 Å². The van der Waals surface area contributed by atoms with E-state index in [9.17, 15) is 4.79 Å². The van der Waals surface area contributed by atoms with Crippen molar-refractivity contribution in [3.05, 3.63) is 34.9 Å². The lowest BCUT2D eigenvalue weighted by atomic mass is 10.2. The number of aliphatic imine (C=N–C) groups is 1. The lowest BCUT2D eigenvalue weighted by molar-refractivity contribution is 0.0954. The minimum absolute atomic E-state index is 0.159. The van der Waals surface area contributed by atoms with Crippen molar-refractivity contribution in [1.29, 1.82) is 0 Å². The molecule has 3 N–H and O–H groups in total. The molecule has 1 heterocycles. The molecule has 1 aliphatic heterocycles. The van der Waals surface area contributed by atoms with E-state index in [1.165, 1.54) is 32.2 Å². The maximum atomic E-state index is 12.1. The normalized spacial score (nSPS) is 21.4. The van der Waals surface area contributed by atoms with Gasteiger partial charge in [-0.3, -0.25) is 14.7 Å². The van der Waals surface area contributed by atoms with Crippen LogP contribution < -0.4 is 16.0 Å². The highest BCUT2D eigenvalue weighted by atomic mass is 35.5. The Labute approximate surface area is 166 Å². The van der Waals surface area contributed by atoms with E-state index < -0.39 is 0 Å². The van der Waals surface area contributed by atoms with Crippen molar-refractivity contribution < 1.29 is 4.79 Å². The Hall–Kier alpha value is -1.79. The first-order valence-corrected chi connectivity index (χ1v) is 10.3. The van der Waals surface area contributed by atoms with E-state index in [2.05, 4.69) is 25.8 Å². The first-order chi connectivity index (χ1) is 13.2. The molecule has 6 nitrogen and oxygen atoms in total. The molecule has 1 aromatic rings. The van der Waals surface area contributed by atoms with Gasteiger partial charge in [-0.2, -0.15) is 0 Å². The molecule has 0 bridgehead atoms. The van der Waals surface area contributed by atoms with Crippen LogP contribution >= 0.6 is 11.6 Å². The van der Waals surface area contributed by atoms with Gasteiger partial charge in [-0.1, -0.05) is 36.6 Å². The summed E-state index contributed by atoms with van der Waals surface area (Å²) in [5.74, 6) is 0.633. The molecule has 1 aliphatic carbocycles. The molecule has 1 atom stereocenters. The maximum Gasteiger partial charge on any atom is 0.252 e. The summed E-state index contributed by atoms with van der Waals surface area (Å²) in [6.07, 6.45) is 6.61. The number of rotatable bonds is 6. The van der Waals surface area contributed by atoms with Gasteiger partial charge < -0.3 is 16.0 Å². The Balaban J connectivity index is 1.36. The number of amides is 1. The van der Waals surface area contributed by atoms with Crippen LogP contribution in [-0.2, 0) is 0 Å². The van der Waals surface area contributed by atoms with Crippen molar-refractivity contribution in [3.8, 4) is 0 Å². The third kappa shape index (κ3) is 5.59. The molecule has 7 heteroatoms. The van der Waals surface area contributed by atoms with Crippen LogP contribution in [0, 0.1) is 0 Å². The van der Waals surface area contributed by atoms with Gasteiger partial charge in [-0.05, 0) is 31.4 Å². The molecule has 1 aromatic carbocycles. The summed E-state index contributed by atoms with van der Waals surface area (Å²) < 4.78 is 0. The molecule has 0 aromatic heterocycles. The minimum Gasteiger partial charge on any atom is -0.355 e. The van der Waals surface area contributed by atoms with Gasteiger partial charge in [-0.15, -0.1) is 0 Å². The number of halogens is 1.